The van der Waals surface area contributed by atoms with Gasteiger partial charge in [-0.25, -0.2) is 4.79 Å². The average Bonchev–Trinajstić information content (AvgIpc) is 2.97. The molecule has 1 aromatic carbocycles. The number of anilines is 1. The summed E-state index contributed by atoms with van der Waals surface area (Å²) in [5.74, 6) is -0.555. The van der Waals surface area contributed by atoms with Gasteiger partial charge in [0.15, 0.2) is 0 Å². The van der Waals surface area contributed by atoms with Crippen LogP contribution in [0.4, 0.5) is 5.69 Å². The highest BCUT2D eigenvalue weighted by atomic mass is 79.9. The summed E-state index contributed by atoms with van der Waals surface area (Å²) >= 11 is 4.54. The predicted molar refractivity (Wildman–Crippen MR) is 87.2 cm³/mol. The zero-order valence-corrected chi connectivity index (χ0v) is 14.0. The van der Waals surface area contributed by atoms with E-state index in [0.717, 1.165) is 21.5 Å². The van der Waals surface area contributed by atoms with E-state index < -0.39 is 5.97 Å². The Balaban J connectivity index is 2.28. The second kappa shape index (κ2) is 6.87. The van der Waals surface area contributed by atoms with Gasteiger partial charge in [-0.3, -0.25) is 4.79 Å². The Hall–Kier alpha value is -1.66. The molecule has 0 bridgehead atoms. The van der Waals surface area contributed by atoms with Crippen LogP contribution in [0.1, 0.15) is 26.3 Å². The van der Waals surface area contributed by atoms with Crippen LogP contribution in [0.3, 0.4) is 0 Å². The molecule has 2 rings (SSSR count). The standard InChI is InChI=1S/C15H14BrNO3S/c1-3-17(11-6-4-5-10(16)9-11)14(18)12-7-8-13(21-12)15(19)20-2/h4-9H,3H2,1-2H3. The number of carbonyl (C=O) groups is 2. The van der Waals surface area contributed by atoms with Gasteiger partial charge in [0.1, 0.15) is 4.88 Å². The van der Waals surface area contributed by atoms with Crippen molar-refractivity contribution in [3.05, 3.63) is 50.6 Å². The number of benzene rings is 1. The zero-order chi connectivity index (χ0) is 15.4. The zero-order valence-electron chi connectivity index (χ0n) is 11.6. The van der Waals surface area contributed by atoms with E-state index in [4.69, 9.17) is 0 Å². The van der Waals surface area contributed by atoms with Crippen LogP contribution in [0.2, 0.25) is 0 Å². The number of nitrogens with zero attached hydrogens (tertiary/aromatic N) is 1. The van der Waals surface area contributed by atoms with Crippen molar-refractivity contribution in [1.29, 1.82) is 0 Å². The summed E-state index contributed by atoms with van der Waals surface area (Å²) in [7, 11) is 1.32. The van der Waals surface area contributed by atoms with Crippen molar-refractivity contribution in [3.8, 4) is 0 Å². The monoisotopic (exact) mass is 367 g/mol. The predicted octanol–water partition coefficient (Wildman–Crippen LogP) is 3.96. The van der Waals surface area contributed by atoms with E-state index >= 15 is 0 Å². The fourth-order valence-electron chi connectivity index (χ4n) is 1.88. The Kier molecular flexibility index (Phi) is 5.14. The number of rotatable bonds is 4. The van der Waals surface area contributed by atoms with Crippen LogP contribution in [0.15, 0.2) is 40.9 Å². The normalized spacial score (nSPS) is 10.2. The number of ether oxygens (including phenoxy) is 1. The van der Waals surface area contributed by atoms with E-state index in [9.17, 15) is 9.59 Å². The van der Waals surface area contributed by atoms with Gasteiger partial charge in [-0.1, -0.05) is 22.0 Å². The molecule has 0 N–H and O–H groups in total. The molecule has 0 aliphatic heterocycles. The number of halogens is 1. The maximum atomic E-state index is 12.6. The van der Waals surface area contributed by atoms with Gasteiger partial charge in [0.05, 0.1) is 12.0 Å². The number of amides is 1. The summed E-state index contributed by atoms with van der Waals surface area (Å²) < 4.78 is 5.57. The third-order valence-electron chi connectivity index (χ3n) is 2.88. The summed E-state index contributed by atoms with van der Waals surface area (Å²) in [5.41, 5.74) is 0.810. The summed E-state index contributed by atoms with van der Waals surface area (Å²) in [6.45, 7) is 2.45. The number of esters is 1. The second-order valence-corrected chi connectivity index (χ2v) is 6.18. The average molecular weight is 368 g/mol. The second-order valence-electron chi connectivity index (χ2n) is 4.18. The van der Waals surface area contributed by atoms with E-state index in [0.29, 0.717) is 16.3 Å². The first kappa shape index (κ1) is 15.7. The molecule has 0 spiro atoms. The summed E-state index contributed by atoms with van der Waals surface area (Å²) in [5, 5.41) is 0. The molecule has 21 heavy (non-hydrogen) atoms. The first-order valence-corrected chi connectivity index (χ1v) is 7.93. The van der Waals surface area contributed by atoms with Crippen molar-refractivity contribution in [2.24, 2.45) is 0 Å². The number of hydrogen-bond acceptors (Lipinski definition) is 4. The first-order chi connectivity index (χ1) is 10.1. The van der Waals surface area contributed by atoms with Gasteiger partial charge < -0.3 is 9.64 Å². The van der Waals surface area contributed by atoms with E-state index in [-0.39, 0.29) is 5.91 Å². The molecule has 4 nitrogen and oxygen atoms in total. The smallest absolute Gasteiger partial charge is 0.348 e. The first-order valence-electron chi connectivity index (χ1n) is 6.32. The molecule has 2 aromatic rings. The van der Waals surface area contributed by atoms with E-state index in [2.05, 4.69) is 20.7 Å². The van der Waals surface area contributed by atoms with Crippen LogP contribution in [0.25, 0.3) is 0 Å². The molecule has 0 aliphatic carbocycles. The number of hydrogen-bond donors (Lipinski definition) is 0. The fraction of sp³-hybridized carbons (Fsp3) is 0.200. The molecule has 1 heterocycles. The van der Waals surface area contributed by atoms with Crippen LogP contribution < -0.4 is 4.90 Å². The summed E-state index contributed by atoms with van der Waals surface area (Å²) in [4.78, 5) is 26.6. The van der Waals surface area contributed by atoms with Crippen LogP contribution in [-0.2, 0) is 4.74 Å². The van der Waals surface area contributed by atoms with E-state index in [1.807, 2.05) is 31.2 Å². The molecule has 1 amide bonds. The Morgan fingerprint density at radius 2 is 1.95 bits per heavy atom. The van der Waals surface area contributed by atoms with Crippen molar-refractivity contribution < 1.29 is 14.3 Å². The van der Waals surface area contributed by atoms with Crippen LogP contribution in [-0.4, -0.2) is 25.5 Å². The molecule has 0 saturated heterocycles. The van der Waals surface area contributed by atoms with Gasteiger partial charge in [0.25, 0.3) is 5.91 Å². The highest BCUT2D eigenvalue weighted by Crippen LogP contribution is 2.24. The van der Waals surface area contributed by atoms with Gasteiger partial charge in [-0.05, 0) is 37.3 Å². The molecule has 0 aliphatic rings. The number of methoxy groups -OCH3 is 1. The van der Waals surface area contributed by atoms with Crippen molar-refractivity contribution in [3.63, 3.8) is 0 Å². The maximum Gasteiger partial charge on any atom is 0.348 e. The SMILES string of the molecule is CCN(C(=O)c1ccc(C(=O)OC)s1)c1cccc(Br)c1. The minimum absolute atomic E-state index is 0.129. The quantitative estimate of drug-likeness (QED) is 0.768. The van der Waals surface area contributed by atoms with Crippen LogP contribution in [0, 0.1) is 0 Å². The lowest BCUT2D eigenvalue weighted by Gasteiger charge is -2.20. The Morgan fingerprint density at radius 1 is 1.24 bits per heavy atom. The Morgan fingerprint density at radius 3 is 2.57 bits per heavy atom. The van der Waals surface area contributed by atoms with Crippen molar-refractivity contribution >= 4 is 44.8 Å². The summed E-state index contributed by atoms with van der Waals surface area (Å²) in [6, 6.07) is 10.8. The Bertz CT molecular complexity index is 668. The number of thiophene rings is 1. The molecule has 0 radical (unpaired) electrons. The molecular weight excluding hydrogens is 354 g/mol. The molecule has 6 heteroatoms. The molecule has 1 aromatic heterocycles. The molecule has 0 unspecified atom stereocenters. The molecule has 0 fully saturated rings. The number of carbonyl (C=O) groups excluding carboxylic acids is 2. The van der Waals surface area contributed by atoms with Crippen LogP contribution >= 0.6 is 27.3 Å². The van der Waals surface area contributed by atoms with Gasteiger partial charge in [-0.2, -0.15) is 0 Å². The maximum absolute atomic E-state index is 12.6. The lowest BCUT2D eigenvalue weighted by atomic mass is 10.2. The topological polar surface area (TPSA) is 46.6 Å². The molecule has 110 valence electrons. The third-order valence-corrected chi connectivity index (χ3v) is 4.43. The van der Waals surface area contributed by atoms with Gasteiger partial charge >= 0.3 is 5.97 Å². The highest BCUT2D eigenvalue weighted by molar-refractivity contribution is 9.10. The van der Waals surface area contributed by atoms with Gasteiger partial charge in [0, 0.05) is 16.7 Å². The van der Waals surface area contributed by atoms with Crippen molar-refractivity contribution in [2.45, 2.75) is 6.92 Å². The largest absolute Gasteiger partial charge is 0.465 e. The highest BCUT2D eigenvalue weighted by Gasteiger charge is 2.20. The fourth-order valence-corrected chi connectivity index (χ4v) is 3.14. The lowest BCUT2D eigenvalue weighted by Crippen LogP contribution is -2.29. The molecule has 0 atom stereocenters. The van der Waals surface area contributed by atoms with Crippen LogP contribution in [0.5, 0.6) is 0 Å². The van der Waals surface area contributed by atoms with E-state index in [1.54, 1.807) is 17.0 Å². The molecular formula is C15H14BrNO3S. The molecule has 0 saturated carbocycles. The summed E-state index contributed by atoms with van der Waals surface area (Å²) in [6.07, 6.45) is 0. The third kappa shape index (κ3) is 3.51. The minimum atomic E-state index is -0.426. The Labute approximate surface area is 135 Å². The van der Waals surface area contributed by atoms with Crippen molar-refractivity contribution in [2.75, 3.05) is 18.6 Å². The van der Waals surface area contributed by atoms with E-state index in [1.165, 1.54) is 7.11 Å². The van der Waals surface area contributed by atoms with Gasteiger partial charge in [-0.15, -0.1) is 11.3 Å². The van der Waals surface area contributed by atoms with Gasteiger partial charge in [0.2, 0.25) is 0 Å². The minimum Gasteiger partial charge on any atom is -0.465 e. The lowest BCUT2D eigenvalue weighted by molar-refractivity contribution is 0.0606. The van der Waals surface area contributed by atoms with Crippen molar-refractivity contribution in [1.82, 2.24) is 0 Å².